The van der Waals surface area contributed by atoms with Gasteiger partial charge >= 0.3 is 25.4 Å². The zero-order valence-corrected chi connectivity index (χ0v) is 20.7. The van der Waals surface area contributed by atoms with Crippen LogP contribution in [0.1, 0.15) is 110 Å². The minimum atomic E-state index is -1.75. The van der Waals surface area contributed by atoms with Gasteiger partial charge in [-0.2, -0.15) is 0 Å². The number of aliphatic carboxylic acids is 1. The molecule has 0 bridgehead atoms. The summed E-state index contributed by atoms with van der Waals surface area (Å²) < 4.78 is 0. The van der Waals surface area contributed by atoms with Crippen LogP contribution in [0.25, 0.3) is 0 Å². The van der Waals surface area contributed by atoms with Crippen molar-refractivity contribution in [3.8, 4) is 0 Å². The molecule has 0 aromatic rings. The summed E-state index contributed by atoms with van der Waals surface area (Å²) in [5.74, 6) is -0.653. The van der Waals surface area contributed by atoms with Gasteiger partial charge in [-0.25, -0.2) is 0 Å². The van der Waals surface area contributed by atoms with Crippen molar-refractivity contribution in [1.82, 2.24) is 0 Å². The molecule has 0 aromatic carbocycles. The van der Waals surface area contributed by atoms with Crippen LogP contribution in [0.4, 0.5) is 0 Å². The van der Waals surface area contributed by atoms with Gasteiger partial charge in [-0.15, -0.1) is 0 Å². The van der Waals surface area contributed by atoms with Gasteiger partial charge in [0.2, 0.25) is 0 Å². The molecule has 0 aromatic heterocycles. The Morgan fingerprint density at radius 2 is 0.828 bits per heavy atom. The van der Waals surface area contributed by atoms with Gasteiger partial charge in [-0.1, -0.05) is 96.8 Å². The second-order valence-corrected chi connectivity index (χ2v) is 6.54. The molecular formula is C18H36N2O8Zn. The Kier molecular flexibility index (Phi) is 37.6. The largest absolute Gasteiger partial charge is 2.00 e. The molecule has 0 aliphatic heterocycles. The summed E-state index contributed by atoms with van der Waals surface area (Å²) in [5, 5.41) is 38.0. The van der Waals surface area contributed by atoms with E-state index >= 15 is 0 Å². The van der Waals surface area contributed by atoms with Gasteiger partial charge in [0.1, 0.15) is 0 Å². The quantitative estimate of drug-likeness (QED) is 0.126. The maximum absolute atomic E-state index is 10.3. The van der Waals surface area contributed by atoms with E-state index in [4.69, 9.17) is 35.7 Å². The van der Waals surface area contributed by atoms with E-state index in [2.05, 4.69) is 6.92 Å². The molecule has 168 valence electrons. The summed E-state index contributed by atoms with van der Waals surface area (Å²) in [6.07, 6.45) is 20.2. The Bertz CT molecular complexity index is 354. The predicted octanol–water partition coefficient (Wildman–Crippen LogP) is 5.85. The summed E-state index contributed by atoms with van der Waals surface area (Å²) in [6, 6.07) is 0. The number of carboxylic acids is 1. The molecule has 0 fully saturated rings. The molecule has 29 heavy (non-hydrogen) atoms. The topological polar surface area (TPSA) is 170 Å². The summed E-state index contributed by atoms with van der Waals surface area (Å²) in [4.78, 5) is 26.8. The number of unbranched alkanes of at least 4 members (excludes halogenated alkanes) is 14. The van der Waals surface area contributed by atoms with E-state index in [0.717, 1.165) is 12.8 Å². The van der Waals surface area contributed by atoms with Crippen LogP contribution in [0.5, 0.6) is 0 Å². The van der Waals surface area contributed by atoms with Crippen molar-refractivity contribution in [3.05, 3.63) is 30.6 Å². The Balaban J connectivity index is -0.000000294. The van der Waals surface area contributed by atoms with E-state index in [1.165, 1.54) is 83.5 Å². The average molecular weight is 474 g/mol. The smallest absolute Gasteiger partial charge is 0.481 e. The van der Waals surface area contributed by atoms with E-state index < -0.39 is 16.1 Å². The zero-order chi connectivity index (χ0) is 22.0. The molecule has 0 heterocycles. The normalized spacial score (nSPS) is 9.14. The summed E-state index contributed by atoms with van der Waals surface area (Å²) in [6.45, 7) is 2.27. The van der Waals surface area contributed by atoms with Crippen LogP contribution in [-0.4, -0.2) is 21.2 Å². The van der Waals surface area contributed by atoms with Crippen molar-refractivity contribution in [1.29, 1.82) is 0 Å². The van der Waals surface area contributed by atoms with Crippen molar-refractivity contribution in [3.63, 3.8) is 0 Å². The van der Waals surface area contributed by atoms with Crippen molar-refractivity contribution >= 4 is 5.97 Å². The van der Waals surface area contributed by atoms with Crippen LogP contribution in [0.3, 0.4) is 0 Å². The van der Waals surface area contributed by atoms with Crippen molar-refractivity contribution in [2.24, 2.45) is 0 Å². The second kappa shape index (κ2) is 31.2. The van der Waals surface area contributed by atoms with Gasteiger partial charge in [0, 0.05) is 6.42 Å². The third-order valence-corrected chi connectivity index (χ3v) is 3.99. The first-order valence-corrected chi connectivity index (χ1v) is 10.1. The molecule has 11 heteroatoms. The van der Waals surface area contributed by atoms with Gasteiger partial charge in [0.05, 0.1) is 10.2 Å². The van der Waals surface area contributed by atoms with Crippen molar-refractivity contribution in [2.75, 3.05) is 0 Å². The van der Waals surface area contributed by atoms with Crippen molar-refractivity contribution in [2.45, 2.75) is 110 Å². The first-order chi connectivity index (χ1) is 13.2. The number of hydrogen-bond donors (Lipinski definition) is 1. The van der Waals surface area contributed by atoms with Crippen LogP contribution in [0.2, 0.25) is 0 Å². The monoisotopic (exact) mass is 472 g/mol. The Morgan fingerprint density at radius 1 is 0.621 bits per heavy atom. The third-order valence-electron chi connectivity index (χ3n) is 3.99. The van der Waals surface area contributed by atoms with E-state index in [0.29, 0.717) is 6.42 Å². The van der Waals surface area contributed by atoms with Crippen LogP contribution in [0.15, 0.2) is 0 Å². The fraction of sp³-hybridized carbons (Fsp3) is 0.944. The SMILES string of the molecule is CCCCCCCCCCCCCCCCCC(=O)O.O=[N+]([O-])[O-].O=[N+]([O-])[O-].[Zn+2]. The minimum absolute atomic E-state index is 0. The molecule has 0 saturated heterocycles. The molecule has 0 saturated carbocycles. The molecule has 0 spiro atoms. The average Bonchev–Trinajstić information content (AvgIpc) is 2.57. The summed E-state index contributed by atoms with van der Waals surface area (Å²) in [7, 11) is 0. The van der Waals surface area contributed by atoms with Gasteiger partial charge in [-0.05, 0) is 6.42 Å². The van der Waals surface area contributed by atoms with Crippen LogP contribution < -0.4 is 0 Å². The van der Waals surface area contributed by atoms with E-state index in [1.54, 1.807) is 0 Å². The fourth-order valence-electron chi connectivity index (χ4n) is 2.65. The predicted molar refractivity (Wildman–Crippen MR) is 108 cm³/mol. The molecule has 0 radical (unpaired) electrons. The number of hydrogen-bond acceptors (Lipinski definition) is 7. The molecule has 0 aliphatic carbocycles. The van der Waals surface area contributed by atoms with Crippen LogP contribution in [-0.2, 0) is 24.3 Å². The number of nitrogens with zero attached hydrogens (tertiary/aromatic N) is 2. The standard InChI is InChI=1S/C18H36O2.2NO3.Zn/c1-2-3-4-5-6-7-8-9-10-11-12-13-14-15-16-17-18(19)20;2*2-1(3)4;/h2-17H2,1H3,(H,19,20);;;/q;2*-1;+2. The maximum atomic E-state index is 10.3. The first-order valence-electron chi connectivity index (χ1n) is 10.1. The van der Waals surface area contributed by atoms with E-state index in [1.807, 2.05) is 0 Å². The van der Waals surface area contributed by atoms with Gasteiger partial charge in [-0.3, -0.25) is 4.79 Å². The molecule has 0 unspecified atom stereocenters. The number of carboxylic acid groups (broad SMARTS) is 1. The Hall–Kier alpha value is -1.51. The molecular weight excluding hydrogens is 438 g/mol. The molecule has 10 nitrogen and oxygen atoms in total. The van der Waals surface area contributed by atoms with Crippen LogP contribution >= 0.6 is 0 Å². The van der Waals surface area contributed by atoms with Gasteiger partial charge in [0.25, 0.3) is 0 Å². The molecule has 0 atom stereocenters. The summed E-state index contributed by atoms with van der Waals surface area (Å²) >= 11 is 0. The maximum Gasteiger partial charge on any atom is 2.00 e. The van der Waals surface area contributed by atoms with Gasteiger partial charge < -0.3 is 35.7 Å². The molecule has 0 rings (SSSR count). The fourth-order valence-corrected chi connectivity index (χ4v) is 2.65. The van der Waals surface area contributed by atoms with Gasteiger partial charge in [0.15, 0.2) is 0 Å². The second-order valence-electron chi connectivity index (χ2n) is 6.54. The van der Waals surface area contributed by atoms with Crippen LogP contribution in [0, 0.1) is 30.6 Å². The molecule has 0 aliphatic rings. The summed E-state index contributed by atoms with van der Waals surface area (Å²) in [5.41, 5.74) is 0. The van der Waals surface area contributed by atoms with Crippen molar-refractivity contribution < 1.29 is 39.6 Å². The Morgan fingerprint density at radius 3 is 1.03 bits per heavy atom. The Labute approximate surface area is 186 Å². The molecule has 1 N–H and O–H groups in total. The number of rotatable bonds is 16. The third kappa shape index (κ3) is 66.2. The minimum Gasteiger partial charge on any atom is -0.481 e. The molecule has 0 amide bonds. The number of carbonyl (C=O) groups is 1. The van der Waals surface area contributed by atoms with E-state index in [-0.39, 0.29) is 19.5 Å². The first kappa shape index (κ1) is 35.0. The van der Waals surface area contributed by atoms with E-state index in [9.17, 15) is 4.79 Å². The zero-order valence-electron chi connectivity index (χ0n) is 17.7.